The van der Waals surface area contributed by atoms with Crippen molar-refractivity contribution in [1.29, 1.82) is 5.26 Å². The molecule has 0 saturated heterocycles. The van der Waals surface area contributed by atoms with E-state index in [-0.39, 0.29) is 9.80 Å². The number of thioether (sulfide) groups is 1. The number of allylic oxidation sites excluding steroid dienone is 1. The van der Waals surface area contributed by atoms with Gasteiger partial charge in [0.1, 0.15) is 16.7 Å². The van der Waals surface area contributed by atoms with Crippen LogP contribution in [0, 0.1) is 18.3 Å². The Balaban J connectivity index is 1.91. The van der Waals surface area contributed by atoms with E-state index in [1.807, 2.05) is 19.1 Å². The van der Waals surface area contributed by atoms with Gasteiger partial charge in [-0.25, -0.2) is 8.42 Å². The molecule has 0 saturated carbocycles. The van der Waals surface area contributed by atoms with Crippen molar-refractivity contribution in [3.8, 4) is 11.8 Å². The van der Waals surface area contributed by atoms with Gasteiger partial charge in [0.25, 0.3) is 0 Å². The number of methoxy groups -OCH3 is 1. The number of benzene rings is 3. The number of hydrogen-bond donors (Lipinski definition) is 0. The number of hydrogen-bond acceptors (Lipinski definition) is 5. The summed E-state index contributed by atoms with van der Waals surface area (Å²) < 4.78 is 31.0. The van der Waals surface area contributed by atoms with Crippen LogP contribution in [0.1, 0.15) is 16.7 Å². The smallest absolute Gasteiger partial charge is 0.216 e. The van der Waals surface area contributed by atoms with Crippen molar-refractivity contribution in [1.82, 2.24) is 0 Å². The average molecular weight is 436 g/mol. The van der Waals surface area contributed by atoms with Crippen molar-refractivity contribution >= 4 is 27.7 Å². The van der Waals surface area contributed by atoms with Crippen molar-refractivity contribution in [2.45, 2.75) is 22.5 Å². The second-order valence-corrected chi connectivity index (χ2v) is 9.58. The SMILES string of the molecule is COc1ccc(/C=C(\C#N)S(=O)(=O)c2ccccc2)cc1CSc1ccc(C)cc1. The molecule has 0 aromatic heterocycles. The van der Waals surface area contributed by atoms with Crippen LogP contribution in [0.4, 0.5) is 0 Å². The molecule has 0 bridgehead atoms. The van der Waals surface area contributed by atoms with E-state index in [1.54, 1.807) is 49.2 Å². The molecule has 4 nitrogen and oxygen atoms in total. The highest BCUT2D eigenvalue weighted by atomic mass is 32.2. The van der Waals surface area contributed by atoms with Gasteiger partial charge in [-0.1, -0.05) is 42.0 Å². The molecule has 152 valence electrons. The lowest BCUT2D eigenvalue weighted by Gasteiger charge is -2.10. The molecule has 6 heteroatoms. The highest BCUT2D eigenvalue weighted by Gasteiger charge is 2.20. The molecule has 0 heterocycles. The second kappa shape index (κ2) is 9.66. The number of sulfone groups is 1. The monoisotopic (exact) mass is 435 g/mol. The maximum atomic E-state index is 12.8. The average Bonchev–Trinajstić information content (AvgIpc) is 2.77. The third kappa shape index (κ3) is 5.12. The van der Waals surface area contributed by atoms with Crippen LogP contribution in [0.3, 0.4) is 0 Å². The minimum absolute atomic E-state index is 0.0986. The van der Waals surface area contributed by atoms with E-state index in [2.05, 4.69) is 24.3 Å². The van der Waals surface area contributed by atoms with Gasteiger partial charge < -0.3 is 4.74 Å². The van der Waals surface area contributed by atoms with E-state index in [9.17, 15) is 13.7 Å². The summed E-state index contributed by atoms with van der Waals surface area (Å²) in [5.74, 6) is 1.37. The highest BCUT2D eigenvalue weighted by Crippen LogP contribution is 2.30. The summed E-state index contributed by atoms with van der Waals surface area (Å²) >= 11 is 1.66. The maximum Gasteiger partial charge on any atom is 0.216 e. The number of ether oxygens (including phenoxy) is 1. The minimum Gasteiger partial charge on any atom is -0.496 e. The Hall–Kier alpha value is -3.01. The summed E-state index contributed by atoms with van der Waals surface area (Å²) in [5, 5.41) is 9.50. The van der Waals surface area contributed by atoms with E-state index in [0.717, 1.165) is 16.2 Å². The second-order valence-electron chi connectivity index (χ2n) is 6.61. The first-order chi connectivity index (χ1) is 14.4. The van der Waals surface area contributed by atoms with E-state index in [0.29, 0.717) is 11.3 Å². The number of aryl methyl sites for hydroxylation is 1. The van der Waals surface area contributed by atoms with E-state index in [4.69, 9.17) is 4.74 Å². The van der Waals surface area contributed by atoms with Crippen LogP contribution in [0.25, 0.3) is 6.08 Å². The lowest BCUT2D eigenvalue weighted by molar-refractivity contribution is 0.411. The van der Waals surface area contributed by atoms with E-state index in [1.165, 1.54) is 23.8 Å². The fourth-order valence-corrected chi connectivity index (χ4v) is 4.90. The van der Waals surface area contributed by atoms with Crippen molar-refractivity contribution in [3.05, 3.63) is 94.4 Å². The van der Waals surface area contributed by atoms with Crippen molar-refractivity contribution < 1.29 is 13.2 Å². The number of nitrogens with zero attached hydrogens (tertiary/aromatic N) is 1. The van der Waals surface area contributed by atoms with Crippen molar-refractivity contribution in [3.63, 3.8) is 0 Å². The number of nitriles is 1. The standard InChI is InChI=1S/C24H21NO3S2/c1-18-8-11-21(12-9-18)29-17-20-14-19(10-13-24(20)28-2)15-23(16-25)30(26,27)22-6-4-3-5-7-22/h3-15H,17H2,1-2H3/b23-15+. The summed E-state index contributed by atoms with van der Waals surface area (Å²) in [6.45, 7) is 2.05. The van der Waals surface area contributed by atoms with E-state index >= 15 is 0 Å². The van der Waals surface area contributed by atoms with Crippen molar-refractivity contribution in [2.24, 2.45) is 0 Å². The maximum absolute atomic E-state index is 12.8. The Bertz CT molecular complexity index is 1190. The molecule has 0 aliphatic heterocycles. The predicted octanol–water partition coefficient (Wildman–Crippen LogP) is 5.63. The zero-order valence-corrected chi connectivity index (χ0v) is 18.3. The van der Waals surface area contributed by atoms with Crippen LogP contribution >= 0.6 is 11.8 Å². The topological polar surface area (TPSA) is 67.2 Å². The molecule has 3 aromatic rings. The molecule has 0 radical (unpaired) electrons. The summed E-state index contributed by atoms with van der Waals surface area (Å²) in [5.41, 5.74) is 2.75. The molecule has 3 rings (SSSR count). The molecular formula is C24H21NO3S2. The lowest BCUT2D eigenvalue weighted by Crippen LogP contribution is -2.03. The van der Waals surface area contributed by atoms with Gasteiger partial charge in [-0.3, -0.25) is 0 Å². The Kier molecular flexibility index (Phi) is 6.99. The number of rotatable bonds is 7. The molecule has 30 heavy (non-hydrogen) atoms. The summed E-state index contributed by atoms with van der Waals surface area (Å²) in [7, 11) is -2.27. The molecule has 0 unspecified atom stereocenters. The van der Waals surface area contributed by atoms with Gasteiger partial charge in [-0.15, -0.1) is 11.8 Å². The van der Waals surface area contributed by atoms with Crippen LogP contribution in [-0.2, 0) is 15.6 Å². The lowest BCUT2D eigenvalue weighted by atomic mass is 10.1. The molecule has 0 aliphatic carbocycles. The third-order valence-corrected chi connectivity index (χ3v) is 7.21. The van der Waals surface area contributed by atoms with Gasteiger partial charge in [0.05, 0.1) is 12.0 Å². The fraction of sp³-hybridized carbons (Fsp3) is 0.125. The Morgan fingerprint density at radius 1 is 1.07 bits per heavy atom. The zero-order chi connectivity index (χ0) is 21.6. The van der Waals surface area contributed by atoms with Gasteiger partial charge >= 0.3 is 0 Å². The van der Waals surface area contributed by atoms with Crippen LogP contribution in [-0.4, -0.2) is 15.5 Å². The van der Waals surface area contributed by atoms with Gasteiger partial charge in [0.15, 0.2) is 0 Å². The largest absolute Gasteiger partial charge is 0.496 e. The molecule has 0 amide bonds. The van der Waals surface area contributed by atoms with Gasteiger partial charge in [0, 0.05) is 16.2 Å². The minimum atomic E-state index is -3.87. The van der Waals surface area contributed by atoms with Crippen LogP contribution in [0.15, 0.2) is 87.5 Å². The molecule has 0 fully saturated rings. The molecule has 3 aromatic carbocycles. The summed E-state index contributed by atoms with van der Waals surface area (Å²) in [6.07, 6.45) is 1.40. The fourth-order valence-electron chi connectivity index (χ4n) is 2.84. The normalized spacial score (nSPS) is 11.7. The van der Waals surface area contributed by atoms with E-state index < -0.39 is 9.84 Å². The zero-order valence-electron chi connectivity index (χ0n) is 16.7. The molecule has 0 aliphatic rings. The van der Waals surface area contributed by atoms with Gasteiger partial charge in [0.2, 0.25) is 9.84 Å². The molecular weight excluding hydrogens is 414 g/mol. The van der Waals surface area contributed by atoms with Crippen LogP contribution in [0.2, 0.25) is 0 Å². The molecule has 0 atom stereocenters. The first-order valence-electron chi connectivity index (χ1n) is 9.22. The quantitative estimate of drug-likeness (QED) is 0.355. The Morgan fingerprint density at radius 2 is 1.77 bits per heavy atom. The Labute approximate surface area is 181 Å². The molecule has 0 N–H and O–H groups in total. The van der Waals surface area contributed by atoms with Gasteiger partial charge in [-0.2, -0.15) is 5.26 Å². The van der Waals surface area contributed by atoms with Crippen LogP contribution in [0.5, 0.6) is 5.75 Å². The van der Waals surface area contributed by atoms with Gasteiger partial charge in [-0.05, 0) is 55.0 Å². The predicted molar refractivity (Wildman–Crippen MR) is 121 cm³/mol. The summed E-state index contributed by atoms with van der Waals surface area (Å²) in [4.78, 5) is 0.936. The van der Waals surface area contributed by atoms with Crippen molar-refractivity contribution in [2.75, 3.05) is 7.11 Å². The third-order valence-electron chi connectivity index (χ3n) is 4.47. The highest BCUT2D eigenvalue weighted by molar-refractivity contribution is 7.98. The summed E-state index contributed by atoms with van der Waals surface area (Å²) in [6, 6.07) is 23.5. The first-order valence-corrected chi connectivity index (χ1v) is 11.7. The molecule has 0 spiro atoms. The first kappa shape index (κ1) is 21.7. The Morgan fingerprint density at radius 3 is 2.40 bits per heavy atom. The van der Waals surface area contributed by atoms with Crippen LogP contribution < -0.4 is 4.74 Å².